The molecule has 0 aliphatic carbocycles. The molecule has 1 aromatic heterocycles. The van der Waals surface area contributed by atoms with E-state index in [1.165, 1.54) is 0 Å². The van der Waals surface area contributed by atoms with Gasteiger partial charge in [0.15, 0.2) is 0 Å². The third-order valence-electron chi connectivity index (χ3n) is 3.26. The summed E-state index contributed by atoms with van der Waals surface area (Å²) in [5.74, 6) is 2.76. The molecule has 1 aliphatic rings. The van der Waals surface area contributed by atoms with Gasteiger partial charge in [-0.25, -0.2) is 0 Å². The predicted molar refractivity (Wildman–Crippen MR) is 76.0 cm³/mol. The van der Waals surface area contributed by atoms with Crippen LogP contribution in [-0.4, -0.2) is 37.7 Å². The van der Waals surface area contributed by atoms with Crippen LogP contribution in [0.15, 0.2) is 16.5 Å². The van der Waals surface area contributed by atoms with E-state index in [0.717, 1.165) is 63.9 Å². The normalized spacial score (nSPS) is 17.8. The Labute approximate surface area is 116 Å². The first-order valence-corrected chi connectivity index (χ1v) is 7.32. The lowest BCUT2D eigenvalue weighted by atomic mass is 10.2. The summed E-state index contributed by atoms with van der Waals surface area (Å²) in [6.45, 7) is 11.0. The van der Waals surface area contributed by atoms with Crippen LogP contribution in [0.2, 0.25) is 0 Å². The fourth-order valence-corrected chi connectivity index (χ4v) is 2.26. The van der Waals surface area contributed by atoms with Crippen LogP contribution in [0.25, 0.3) is 0 Å². The van der Waals surface area contributed by atoms with Crippen LogP contribution in [-0.2, 0) is 17.8 Å². The molecule has 0 unspecified atom stereocenters. The van der Waals surface area contributed by atoms with Gasteiger partial charge in [0.1, 0.15) is 11.5 Å². The molecule has 4 nitrogen and oxygen atoms in total. The molecular formula is C15H26N2O2. The fraction of sp³-hybridized carbons (Fsp3) is 0.733. The zero-order chi connectivity index (χ0) is 13.5. The molecule has 1 N–H and O–H groups in total. The third kappa shape index (κ3) is 5.35. The zero-order valence-corrected chi connectivity index (χ0v) is 12.2. The molecule has 1 aliphatic heterocycles. The smallest absolute Gasteiger partial charge is 0.118 e. The van der Waals surface area contributed by atoms with Crippen molar-refractivity contribution in [1.82, 2.24) is 10.2 Å². The maximum absolute atomic E-state index is 5.86. The number of nitrogens with zero attached hydrogens (tertiary/aromatic N) is 1. The van der Waals surface area contributed by atoms with Crippen molar-refractivity contribution >= 4 is 0 Å². The van der Waals surface area contributed by atoms with Crippen molar-refractivity contribution in [3.8, 4) is 0 Å². The van der Waals surface area contributed by atoms with Gasteiger partial charge in [0.05, 0.1) is 19.7 Å². The summed E-state index contributed by atoms with van der Waals surface area (Å²) >= 11 is 0. The predicted octanol–water partition coefficient (Wildman–Crippen LogP) is 2.25. The standard InChI is InChI=1S/C15H26N2O2/c1-13(2)10-16-11-14-4-5-15(19-14)12-17-6-3-8-18-9-7-17/h4-5,13,16H,3,6-12H2,1-2H3. The van der Waals surface area contributed by atoms with E-state index in [1.807, 2.05) is 0 Å². The highest BCUT2D eigenvalue weighted by Crippen LogP contribution is 2.12. The van der Waals surface area contributed by atoms with Gasteiger partial charge in [-0.05, 0) is 31.0 Å². The summed E-state index contributed by atoms with van der Waals surface area (Å²) < 4.78 is 11.3. The zero-order valence-electron chi connectivity index (χ0n) is 12.2. The Bertz CT molecular complexity index is 355. The van der Waals surface area contributed by atoms with Crippen LogP contribution >= 0.6 is 0 Å². The SMILES string of the molecule is CC(C)CNCc1ccc(CN2CCCOCC2)o1. The van der Waals surface area contributed by atoms with E-state index in [1.54, 1.807) is 0 Å². The third-order valence-corrected chi connectivity index (χ3v) is 3.26. The highest BCUT2D eigenvalue weighted by molar-refractivity contribution is 5.07. The molecule has 2 heterocycles. The summed E-state index contributed by atoms with van der Waals surface area (Å²) in [5, 5.41) is 3.40. The summed E-state index contributed by atoms with van der Waals surface area (Å²) in [4.78, 5) is 2.40. The van der Waals surface area contributed by atoms with E-state index in [-0.39, 0.29) is 0 Å². The average Bonchev–Trinajstić information content (AvgIpc) is 2.65. The molecule has 1 saturated heterocycles. The molecule has 4 heteroatoms. The molecule has 0 saturated carbocycles. The van der Waals surface area contributed by atoms with E-state index in [9.17, 15) is 0 Å². The summed E-state index contributed by atoms with van der Waals surface area (Å²) in [5.41, 5.74) is 0. The van der Waals surface area contributed by atoms with Crippen LogP contribution in [0.5, 0.6) is 0 Å². The Balaban J connectivity index is 1.76. The van der Waals surface area contributed by atoms with E-state index >= 15 is 0 Å². The minimum Gasteiger partial charge on any atom is -0.463 e. The lowest BCUT2D eigenvalue weighted by molar-refractivity contribution is 0.139. The number of rotatable bonds is 6. The first kappa shape index (κ1) is 14.6. The van der Waals surface area contributed by atoms with Gasteiger partial charge in [-0.3, -0.25) is 4.90 Å². The van der Waals surface area contributed by atoms with Crippen LogP contribution in [0.3, 0.4) is 0 Å². The van der Waals surface area contributed by atoms with E-state index in [0.29, 0.717) is 5.92 Å². The average molecular weight is 266 g/mol. The Morgan fingerprint density at radius 3 is 2.89 bits per heavy atom. The first-order valence-electron chi connectivity index (χ1n) is 7.32. The molecule has 0 bridgehead atoms. The monoisotopic (exact) mass is 266 g/mol. The number of nitrogens with one attached hydrogen (secondary N) is 1. The molecule has 2 rings (SSSR count). The van der Waals surface area contributed by atoms with E-state index in [2.05, 4.69) is 36.2 Å². The molecule has 1 fully saturated rings. The van der Waals surface area contributed by atoms with Crippen molar-refractivity contribution in [1.29, 1.82) is 0 Å². The van der Waals surface area contributed by atoms with E-state index < -0.39 is 0 Å². The quantitative estimate of drug-likeness (QED) is 0.857. The fourth-order valence-electron chi connectivity index (χ4n) is 2.26. The van der Waals surface area contributed by atoms with Gasteiger partial charge in [-0.15, -0.1) is 0 Å². The Kier molecular flexibility index (Phi) is 5.89. The van der Waals surface area contributed by atoms with Gasteiger partial charge in [0, 0.05) is 19.7 Å². The van der Waals surface area contributed by atoms with Crippen LogP contribution in [0, 0.1) is 5.92 Å². The van der Waals surface area contributed by atoms with Gasteiger partial charge in [0.25, 0.3) is 0 Å². The van der Waals surface area contributed by atoms with Crippen molar-refractivity contribution in [3.63, 3.8) is 0 Å². The molecule has 108 valence electrons. The minimum absolute atomic E-state index is 0.673. The molecule has 0 radical (unpaired) electrons. The van der Waals surface area contributed by atoms with Crippen molar-refractivity contribution in [2.75, 3.05) is 32.8 Å². The second kappa shape index (κ2) is 7.68. The van der Waals surface area contributed by atoms with Crippen molar-refractivity contribution in [2.45, 2.75) is 33.4 Å². The summed E-state index contributed by atoms with van der Waals surface area (Å²) in [6, 6.07) is 4.18. The van der Waals surface area contributed by atoms with Gasteiger partial charge in [0.2, 0.25) is 0 Å². The molecular weight excluding hydrogens is 240 g/mol. The van der Waals surface area contributed by atoms with Crippen molar-refractivity contribution in [3.05, 3.63) is 23.7 Å². The Morgan fingerprint density at radius 2 is 2.05 bits per heavy atom. The number of hydrogen-bond donors (Lipinski definition) is 1. The first-order chi connectivity index (χ1) is 9.24. The van der Waals surface area contributed by atoms with Crippen LogP contribution in [0.4, 0.5) is 0 Å². The van der Waals surface area contributed by atoms with Gasteiger partial charge in [-0.2, -0.15) is 0 Å². The Morgan fingerprint density at radius 1 is 1.21 bits per heavy atom. The number of ether oxygens (including phenoxy) is 1. The second-order valence-corrected chi connectivity index (χ2v) is 5.63. The minimum atomic E-state index is 0.673. The van der Waals surface area contributed by atoms with Gasteiger partial charge in [-0.1, -0.05) is 13.8 Å². The highest BCUT2D eigenvalue weighted by Gasteiger charge is 2.11. The van der Waals surface area contributed by atoms with Gasteiger partial charge >= 0.3 is 0 Å². The molecule has 0 spiro atoms. The lowest BCUT2D eigenvalue weighted by Crippen LogP contribution is -2.25. The second-order valence-electron chi connectivity index (χ2n) is 5.63. The summed E-state index contributed by atoms with van der Waals surface area (Å²) in [7, 11) is 0. The molecule has 0 atom stereocenters. The van der Waals surface area contributed by atoms with Crippen molar-refractivity contribution < 1.29 is 9.15 Å². The Hall–Kier alpha value is -0.840. The maximum atomic E-state index is 5.86. The van der Waals surface area contributed by atoms with Crippen LogP contribution in [0.1, 0.15) is 31.8 Å². The topological polar surface area (TPSA) is 37.6 Å². The van der Waals surface area contributed by atoms with E-state index in [4.69, 9.17) is 9.15 Å². The van der Waals surface area contributed by atoms with Crippen molar-refractivity contribution in [2.24, 2.45) is 5.92 Å². The van der Waals surface area contributed by atoms with Crippen LogP contribution < -0.4 is 5.32 Å². The molecule has 0 amide bonds. The number of hydrogen-bond acceptors (Lipinski definition) is 4. The molecule has 0 aromatic carbocycles. The maximum Gasteiger partial charge on any atom is 0.118 e. The highest BCUT2D eigenvalue weighted by atomic mass is 16.5. The molecule has 1 aromatic rings. The lowest BCUT2D eigenvalue weighted by Gasteiger charge is -2.17. The summed E-state index contributed by atoms with van der Waals surface area (Å²) in [6.07, 6.45) is 1.11. The number of furan rings is 1. The largest absolute Gasteiger partial charge is 0.463 e. The van der Waals surface area contributed by atoms with Gasteiger partial charge < -0.3 is 14.5 Å². The molecule has 19 heavy (non-hydrogen) atoms.